The van der Waals surface area contributed by atoms with E-state index >= 15 is 0 Å². The van der Waals surface area contributed by atoms with Gasteiger partial charge in [0.1, 0.15) is 5.15 Å². The predicted molar refractivity (Wildman–Crippen MR) is 42.1 cm³/mol. The van der Waals surface area contributed by atoms with E-state index in [1.165, 1.54) is 0 Å². The van der Waals surface area contributed by atoms with Gasteiger partial charge in [0.25, 0.3) is 0 Å². The van der Waals surface area contributed by atoms with Gasteiger partial charge in [-0.25, -0.2) is 10.8 Å². The van der Waals surface area contributed by atoms with E-state index < -0.39 is 0 Å². The number of aromatic nitrogens is 1. The quantitative estimate of drug-likeness (QED) is 0.390. The van der Waals surface area contributed by atoms with Crippen LogP contribution in [0.4, 0.5) is 5.82 Å². The Hall–Kier alpha value is -0.510. The zero-order valence-electron chi connectivity index (χ0n) is 4.94. The fourth-order valence-corrected chi connectivity index (χ4v) is 0.827. The van der Waals surface area contributed by atoms with Crippen LogP contribution in [0.3, 0.4) is 0 Å². The van der Waals surface area contributed by atoms with Gasteiger partial charge in [0, 0.05) is 0 Å². The van der Waals surface area contributed by atoms with Crippen LogP contribution >= 0.6 is 23.2 Å². The van der Waals surface area contributed by atoms with Gasteiger partial charge in [-0.05, 0) is 12.1 Å². The van der Waals surface area contributed by atoms with Gasteiger partial charge in [-0.3, -0.25) is 0 Å². The summed E-state index contributed by atoms with van der Waals surface area (Å²) in [6.45, 7) is 0. The van der Waals surface area contributed by atoms with Crippen LogP contribution in [0.1, 0.15) is 0 Å². The zero-order valence-corrected chi connectivity index (χ0v) is 6.45. The maximum Gasteiger partial charge on any atom is 0.160 e. The molecule has 1 heterocycles. The topological polar surface area (TPSA) is 50.9 Å². The molecule has 0 amide bonds. The van der Waals surface area contributed by atoms with Crippen molar-refractivity contribution in [3.05, 3.63) is 22.3 Å². The fourth-order valence-electron chi connectivity index (χ4n) is 0.520. The first kappa shape index (κ1) is 7.60. The molecule has 0 saturated carbocycles. The van der Waals surface area contributed by atoms with Crippen LogP contribution in [0.5, 0.6) is 0 Å². The van der Waals surface area contributed by atoms with Crippen molar-refractivity contribution in [2.75, 3.05) is 5.43 Å². The van der Waals surface area contributed by atoms with Crippen molar-refractivity contribution in [1.29, 1.82) is 0 Å². The van der Waals surface area contributed by atoms with Gasteiger partial charge in [-0.2, -0.15) is 0 Å². The SMILES string of the molecule is NNc1nc(Cl)ccc1Cl. The van der Waals surface area contributed by atoms with Gasteiger partial charge in [-0.15, -0.1) is 0 Å². The normalized spacial score (nSPS) is 9.50. The van der Waals surface area contributed by atoms with E-state index in [4.69, 9.17) is 29.0 Å². The Labute approximate surface area is 68.1 Å². The number of pyridine rings is 1. The molecule has 0 radical (unpaired) electrons. The van der Waals surface area contributed by atoms with Crippen molar-refractivity contribution in [2.45, 2.75) is 0 Å². The van der Waals surface area contributed by atoms with Gasteiger partial charge in [-0.1, -0.05) is 23.2 Å². The highest BCUT2D eigenvalue weighted by atomic mass is 35.5. The van der Waals surface area contributed by atoms with Crippen molar-refractivity contribution in [1.82, 2.24) is 4.98 Å². The molecule has 3 nitrogen and oxygen atoms in total. The van der Waals surface area contributed by atoms with E-state index in [1.807, 2.05) is 0 Å². The van der Waals surface area contributed by atoms with Gasteiger partial charge < -0.3 is 5.43 Å². The summed E-state index contributed by atoms with van der Waals surface area (Å²) in [4.78, 5) is 3.79. The predicted octanol–water partition coefficient (Wildman–Crippen LogP) is 1.67. The number of hydrazine groups is 1. The number of hydrogen-bond acceptors (Lipinski definition) is 3. The van der Waals surface area contributed by atoms with E-state index in [-0.39, 0.29) is 0 Å². The second-order valence-corrected chi connectivity index (χ2v) is 2.40. The molecule has 0 atom stereocenters. The summed E-state index contributed by atoms with van der Waals surface area (Å²) >= 11 is 11.2. The number of nitrogens with two attached hydrogens (primary N) is 1. The van der Waals surface area contributed by atoms with Gasteiger partial charge in [0.2, 0.25) is 0 Å². The second-order valence-electron chi connectivity index (χ2n) is 1.61. The van der Waals surface area contributed by atoms with E-state index in [9.17, 15) is 0 Å². The lowest BCUT2D eigenvalue weighted by molar-refractivity contribution is 1.23. The average molecular weight is 178 g/mol. The molecule has 3 N–H and O–H groups in total. The first-order chi connectivity index (χ1) is 4.74. The minimum atomic E-state index is 0.359. The molecular formula is C5H5Cl2N3. The molecule has 0 aromatic carbocycles. The smallest absolute Gasteiger partial charge is 0.160 e. The van der Waals surface area contributed by atoms with Gasteiger partial charge in [0.05, 0.1) is 5.02 Å². The number of nitrogen functional groups attached to an aromatic ring is 1. The molecular weight excluding hydrogens is 173 g/mol. The maximum absolute atomic E-state index is 5.63. The van der Waals surface area contributed by atoms with Crippen LogP contribution in [-0.2, 0) is 0 Å². The molecule has 54 valence electrons. The first-order valence-corrected chi connectivity index (χ1v) is 3.28. The van der Waals surface area contributed by atoms with Gasteiger partial charge >= 0.3 is 0 Å². The van der Waals surface area contributed by atoms with Crippen LogP contribution in [0.25, 0.3) is 0 Å². The van der Waals surface area contributed by atoms with Crippen LogP contribution in [0.15, 0.2) is 12.1 Å². The molecule has 0 aliphatic heterocycles. The number of halogens is 2. The lowest BCUT2D eigenvalue weighted by atomic mass is 10.5. The number of nitrogens with zero attached hydrogens (tertiary/aromatic N) is 1. The molecule has 0 fully saturated rings. The molecule has 0 unspecified atom stereocenters. The largest absolute Gasteiger partial charge is 0.307 e. The molecule has 0 aliphatic rings. The molecule has 0 aliphatic carbocycles. The Bertz CT molecular complexity index is 238. The first-order valence-electron chi connectivity index (χ1n) is 2.52. The minimum Gasteiger partial charge on any atom is -0.307 e. The lowest BCUT2D eigenvalue weighted by Gasteiger charge is -2.00. The van der Waals surface area contributed by atoms with E-state index in [0.717, 1.165) is 0 Å². The van der Waals surface area contributed by atoms with Crippen molar-refractivity contribution >= 4 is 29.0 Å². The monoisotopic (exact) mass is 177 g/mol. The summed E-state index contributed by atoms with van der Waals surface area (Å²) in [6.07, 6.45) is 0. The molecule has 1 rings (SSSR count). The zero-order chi connectivity index (χ0) is 7.56. The third kappa shape index (κ3) is 1.50. The molecule has 0 bridgehead atoms. The average Bonchev–Trinajstić information content (AvgIpc) is 1.94. The van der Waals surface area contributed by atoms with Gasteiger partial charge in [0.15, 0.2) is 5.82 Å². The third-order valence-electron chi connectivity index (χ3n) is 0.949. The summed E-state index contributed by atoms with van der Waals surface area (Å²) in [5.74, 6) is 5.45. The Morgan fingerprint density at radius 3 is 2.60 bits per heavy atom. The molecule has 10 heavy (non-hydrogen) atoms. The van der Waals surface area contributed by atoms with E-state index in [1.54, 1.807) is 12.1 Å². The highest BCUT2D eigenvalue weighted by molar-refractivity contribution is 6.34. The van der Waals surface area contributed by atoms with Crippen LogP contribution in [0.2, 0.25) is 10.2 Å². The Kier molecular flexibility index (Phi) is 2.32. The van der Waals surface area contributed by atoms with Crippen molar-refractivity contribution < 1.29 is 0 Å². The Balaban J connectivity index is 3.09. The summed E-state index contributed by atoms with van der Waals surface area (Å²) in [5.41, 5.74) is 2.31. The van der Waals surface area contributed by atoms with E-state index in [2.05, 4.69) is 10.4 Å². The van der Waals surface area contributed by atoms with Crippen molar-refractivity contribution in [2.24, 2.45) is 5.84 Å². The van der Waals surface area contributed by atoms with Crippen molar-refractivity contribution in [3.63, 3.8) is 0 Å². The lowest BCUT2D eigenvalue weighted by Crippen LogP contribution is -2.08. The summed E-state index contributed by atoms with van der Waals surface area (Å²) in [6, 6.07) is 3.21. The van der Waals surface area contributed by atoms with E-state index in [0.29, 0.717) is 16.0 Å². The second kappa shape index (κ2) is 3.05. The molecule has 5 heteroatoms. The number of anilines is 1. The van der Waals surface area contributed by atoms with Crippen molar-refractivity contribution in [3.8, 4) is 0 Å². The summed E-state index contributed by atoms with van der Waals surface area (Å²) in [5, 5.41) is 0.809. The molecule has 1 aromatic heterocycles. The highest BCUT2D eigenvalue weighted by Crippen LogP contribution is 2.19. The fraction of sp³-hybridized carbons (Fsp3) is 0. The Morgan fingerprint density at radius 2 is 2.10 bits per heavy atom. The molecule has 0 saturated heterocycles. The summed E-state index contributed by atoms with van der Waals surface area (Å²) < 4.78 is 0. The standard InChI is InChI=1S/C5H5Cl2N3/c6-3-1-2-4(7)9-5(3)10-8/h1-2H,8H2,(H,9,10). The maximum atomic E-state index is 5.63. The molecule has 0 spiro atoms. The minimum absolute atomic E-state index is 0.359. The number of rotatable bonds is 1. The number of nitrogens with one attached hydrogen (secondary N) is 1. The third-order valence-corrected chi connectivity index (χ3v) is 1.46. The number of hydrogen-bond donors (Lipinski definition) is 2. The molecule has 1 aromatic rings. The van der Waals surface area contributed by atoms with Crippen LogP contribution in [0, 0.1) is 0 Å². The highest BCUT2D eigenvalue weighted by Gasteiger charge is 1.98. The Morgan fingerprint density at radius 1 is 1.40 bits per heavy atom. The van der Waals surface area contributed by atoms with Crippen LogP contribution in [-0.4, -0.2) is 4.98 Å². The summed E-state index contributed by atoms with van der Waals surface area (Å²) in [7, 11) is 0. The van der Waals surface area contributed by atoms with Crippen LogP contribution < -0.4 is 11.3 Å².